The van der Waals surface area contributed by atoms with Gasteiger partial charge in [0.15, 0.2) is 5.82 Å². The predicted octanol–water partition coefficient (Wildman–Crippen LogP) is 1.98. The monoisotopic (exact) mass is 356 g/mol. The molecule has 7 heteroatoms. The van der Waals surface area contributed by atoms with Gasteiger partial charge in [-0.05, 0) is 34.5 Å². The van der Waals surface area contributed by atoms with Gasteiger partial charge in [0, 0.05) is 32.7 Å². The van der Waals surface area contributed by atoms with Crippen LogP contribution in [0, 0.1) is 0 Å². The van der Waals surface area contributed by atoms with Gasteiger partial charge < -0.3 is 4.74 Å². The molecular weight excluding hydrogens is 328 g/mol. The molecule has 0 N–H and O–H groups in total. The quantitative estimate of drug-likeness (QED) is 0.674. The first kappa shape index (κ1) is 18.5. The number of tetrazole rings is 1. The predicted molar refractivity (Wildman–Crippen MR) is 101 cm³/mol. The summed E-state index contributed by atoms with van der Waals surface area (Å²) in [5.41, 5.74) is 1.16. The van der Waals surface area contributed by atoms with E-state index in [2.05, 4.69) is 51.0 Å². The lowest BCUT2D eigenvalue weighted by Gasteiger charge is -2.38. The summed E-state index contributed by atoms with van der Waals surface area (Å²) in [5, 5.41) is 12.5. The summed E-state index contributed by atoms with van der Waals surface area (Å²) in [5.74, 6) is 1.80. The maximum atomic E-state index is 5.23. The third kappa shape index (κ3) is 4.28. The fourth-order valence-electron chi connectivity index (χ4n) is 3.51. The largest absolute Gasteiger partial charge is 0.497 e. The molecule has 26 heavy (non-hydrogen) atoms. The van der Waals surface area contributed by atoms with Crippen molar-refractivity contribution in [3.8, 4) is 5.75 Å². The lowest BCUT2D eigenvalue weighted by atomic mass is 10.1. The Bertz CT molecular complexity index is 690. The molecule has 1 aliphatic rings. The third-order valence-corrected chi connectivity index (χ3v) is 4.97. The van der Waals surface area contributed by atoms with E-state index in [9.17, 15) is 0 Å². The molecule has 0 radical (unpaired) electrons. The summed E-state index contributed by atoms with van der Waals surface area (Å²) in [7, 11) is 1.68. The first-order valence-corrected chi connectivity index (χ1v) is 9.21. The van der Waals surface area contributed by atoms with Crippen LogP contribution < -0.4 is 4.74 Å². The van der Waals surface area contributed by atoms with E-state index in [0.29, 0.717) is 6.54 Å². The second kappa shape index (κ2) is 8.91. The Balaban J connectivity index is 1.70. The molecule has 0 saturated carbocycles. The minimum atomic E-state index is 0.245. The minimum absolute atomic E-state index is 0.245. The molecule has 1 fully saturated rings. The number of ether oxygens (including phenoxy) is 1. The zero-order valence-corrected chi connectivity index (χ0v) is 15.7. The van der Waals surface area contributed by atoms with E-state index >= 15 is 0 Å². The molecule has 1 aromatic heterocycles. The molecule has 1 aliphatic heterocycles. The van der Waals surface area contributed by atoms with E-state index in [1.165, 1.54) is 0 Å². The van der Waals surface area contributed by atoms with Crippen LogP contribution in [0.1, 0.15) is 30.8 Å². The van der Waals surface area contributed by atoms with Crippen LogP contribution in [0.25, 0.3) is 0 Å². The summed E-state index contributed by atoms with van der Waals surface area (Å²) >= 11 is 0. The zero-order valence-electron chi connectivity index (χ0n) is 15.7. The van der Waals surface area contributed by atoms with Crippen LogP contribution in [0.15, 0.2) is 36.9 Å². The van der Waals surface area contributed by atoms with Crippen molar-refractivity contribution in [1.82, 2.24) is 30.0 Å². The molecule has 1 saturated heterocycles. The van der Waals surface area contributed by atoms with Crippen LogP contribution in [0.3, 0.4) is 0 Å². The first-order chi connectivity index (χ1) is 12.7. The molecule has 0 aliphatic carbocycles. The van der Waals surface area contributed by atoms with Gasteiger partial charge >= 0.3 is 0 Å². The normalized spacial score (nSPS) is 17.2. The Morgan fingerprint density at radius 1 is 1.19 bits per heavy atom. The topological polar surface area (TPSA) is 59.3 Å². The zero-order chi connectivity index (χ0) is 18.4. The standard InChI is InChI=1S/C19H28N6O/c1-4-10-23-11-13-24(14-12-23)18(5-2)19-20-21-22-25(19)15-16-6-8-17(26-3)9-7-16/h4,6-9,18H,1,5,10-15H2,2-3H3. The van der Waals surface area contributed by atoms with E-state index in [-0.39, 0.29) is 6.04 Å². The van der Waals surface area contributed by atoms with Crippen molar-refractivity contribution in [3.05, 3.63) is 48.3 Å². The maximum absolute atomic E-state index is 5.23. The Labute approximate surface area is 155 Å². The van der Waals surface area contributed by atoms with Gasteiger partial charge in [-0.25, -0.2) is 4.68 Å². The number of hydrogen-bond acceptors (Lipinski definition) is 6. The molecular formula is C19H28N6O. The Morgan fingerprint density at radius 3 is 2.54 bits per heavy atom. The highest BCUT2D eigenvalue weighted by atomic mass is 16.5. The van der Waals surface area contributed by atoms with Crippen molar-refractivity contribution < 1.29 is 4.74 Å². The highest BCUT2D eigenvalue weighted by Gasteiger charge is 2.27. The van der Waals surface area contributed by atoms with Crippen molar-refractivity contribution in [3.63, 3.8) is 0 Å². The summed E-state index contributed by atoms with van der Waals surface area (Å²) in [4.78, 5) is 4.92. The number of rotatable bonds is 8. The molecule has 2 heterocycles. The fraction of sp³-hybridized carbons (Fsp3) is 0.526. The van der Waals surface area contributed by atoms with E-state index in [1.54, 1.807) is 7.11 Å². The van der Waals surface area contributed by atoms with Crippen LogP contribution in [0.5, 0.6) is 5.75 Å². The van der Waals surface area contributed by atoms with Crippen LogP contribution in [-0.4, -0.2) is 69.8 Å². The first-order valence-electron chi connectivity index (χ1n) is 9.21. The number of piperazine rings is 1. The SMILES string of the molecule is C=CCN1CCN(C(CC)c2nnnn2Cc2ccc(OC)cc2)CC1. The van der Waals surface area contributed by atoms with E-state index in [1.807, 2.05) is 22.9 Å². The van der Waals surface area contributed by atoms with Crippen LogP contribution in [0.4, 0.5) is 0 Å². The third-order valence-electron chi connectivity index (χ3n) is 4.97. The number of nitrogens with zero attached hydrogens (tertiary/aromatic N) is 6. The second-order valence-corrected chi connectivity index (χ2v) is 6.59. The van der Waals surface area contributed by atoms with Gasteiger partial charge in [0.05, 0.1) is 19.7 Å². The van der Waals surface area contributed by atoms with Crippen LogP contribution in [0.2, 0.25) is 0 Å². The molecule has 0 bridgehead atoms. The van der Waals surface area contributed by atoms with Gasteiger partial charge in [-0.1, -0.05) is 25.1 Å². The Hall–Kier alpha value is -2.25. The van der Waals surface area contributed by atoms with Crippen molar-refractivity contribution in [2.75, 3.05) is 39.8 Å². The highest BCUT2D eigenvalue weighted by Crippen LogP contribution is 2.24. The smallest absolute Gasteiger partial charge is 0.168 e. The van der Waals surface area contributed by atoms with Crippen LogP contribution >= 0.6 is 0 Å². The second-order valence-electron chi connectivity index (χ2n) is 6.59. The number of benzene rings is 1. The van der Waals surface area contributed by atoms with Gasteiger partial charge in [0.1, 0.15) is 5.75 Å². The Morgan fingerprint density at radius 2 is 1.92 bits per heavy atom. The van der Waals surface area contributed by atoms with Gasteiger partial charge in [0.25, 0.3) is 0 Å². The lowest BCUT2D eigenvalue weighted by Crippen LogP contribution is -2.47. The number of methoxy groups -OCH3 is 1. The van der Waals surface area contributed by atoms with Gasteiger partial charge in [-0.15, -0.1) is 11.7 Å². The van der Waals surface area contributed by atoms with Gasteiger partial charge in [-0.2, -0.15) is 0 Å². The molecule has 7 nitrogen and oxygen atoms in total. The van der Waals surface area contributed by atoms with Gasteiger partial charge in [0.2, 0.25) is 0 Å². The maximum Gasteiger partial charge on any atom is 0.168 e. The lowest BCUT2D eigenvalue weighted by molar-refractivity contribution is 0.0949. The summed E-state index contributed by atoms with van der Waals surface area (Å²) in [6.45, 7) is 11.8. The summed E-state index contributed by atoms with van der Waals surface area (Å²) in [6, 6.07) is 8.29. The summed E-state index contributed by atoms with van der Waals surface area (Å²) in [6.07, 6.45) is 2.97. The van der Waals surface area contributed by atoms with Gasteiger partial charge in [-0.3, -0.25) is 9.80 Å². The van der Waals surface area contributed by atoms with E-state index in [0.717, 1.165) is 56.3 Å². The molecule has 0 spiro atoms. The Kier molecular flexibility index (Phi) is 6.35. The number of hydrogen-bond donors (Lipinski definition) is 0. The minimum Gasteiger partial charge on any atom is -0.497 e. The average molecular weight is 356 g/mol. The van der Waals surface area contributed by atoms with E-state index < -0.39 is 0 Å². The molecule has 0 amide bonds. The molecule has 2 aromatic rings. The number of aromatic nitrogens is 4. The fourth-order valence-corrected chi connectivity index (χ4v) is 3.51. The molecule has 1 aromatic carbocycles. The molecule has 140 valence electrons. The van der Waals surface area contributed by atoms with Crippen molar-refractivity contribution in [2.24, 2.45) is 0 Å². The molecule has 1 atom stereocenters. The van der Waals surface area contributed by atoms with Crippen LogP contribution in [-0.2, 0) is 6.54 Å². The van der Waals surface area contributed by atoms with Crippen molar-refractivity contribution >= 4 is 0 Å². The average Bonchev–Trinajstić information content (AvgIpc) is 3.12. The summed E-state index contributed by atoms with van der Waals surface area (Å²) < 4.78 is 7.15. The van der Waals surface area contributed by atoms with Crippen molar-refractivity contribution in [1.29, 1.82) is 0 Å². The van der Waals surface area contributed by atoms with Crippen molar-refractivity contribution in [2.45, 2.75) is 25.9 Å². The van der Waals surface area contributed by atoms with E-state index in [4.69, 9.17) is 4.74 Å². The highest BCUT2D eigenvalue weighted by molar-refractivity contribution is 5.27. The molecule has 1 unspecified atom stereocenters. The molecule has 3 rings (SSSR count).